The molecule has 0 spiro atoms. The fourth-order valence-corrected chi connectivity index (χ4v) is 1.95. The highest BCUT2D eigenvalue weighted by Gasteiger charge is 2.12. The number of hydrogen-bond donors (Lipinski definition) is 2. The molecule has 1 aliphatic rings. The second-order valence-electron chi connectivity index (χ2n) is 4.54. The molecule has 0 amide bonds. The number of ether oxygens (including phenoxy) is 2. The molecule has 1 rings (SSSR count). The summed E-state index contributed by atoms with van der Waals surface area (Å²) in [5, 5.41) is 3.08. The molecule has 0 aliphatic carbocycles. The molecule has 0 radical (unpaired) electrons. The van der Waals surface area contributed by atoms with Crippen LogP contribution in [0.1, 0.15) is 32.6 Å². The van der Waals surface area contributed by atoms with Gasteiger partial charge in [-0.05, 0) is 32.6 Å². The monoisotopic (exact) mass is 243 g/mol. The summed E-state index contributed by atoms with van der Waals surface area (Å²) in [5.41, 5.74) is 5.76. The van der Waals surface area contributed by atoms with Gasteiger partial charge in [0.15, 0.2) is 5.96 Å². The maximum Gasteiger partial charge on any atom is 0.188 e. The Morgan fingerprint density at radius 3 is 3.06 bits per heavy atom. The fourth-order valence-electron chi connectivity index (χ4n) is 1.95. The quantitative estimate of drug-likeness (QED) is 0.537. The first-order chi connectivity index (χ1) is 8.22. The average molecular weight is 243 g/mol. The fraction of sp³-hybridized carbons (Fsp3) is 0.917. The maximum absolute atomic E-state index is 5.76. The lowest BCUT2D eigenvalue weighted by molar-refractivity contribution is 0.0129. The Kier molecular flexibility index (Phi) is 6.96. The SMILES string of the molecule is COCC(C)NC(N)=NCCC1CCCCO1. The summed E-state index contributed by atoms with van der Waals surface area (Å²) in [7, 11) is 1.67. The zero-order valence-corrected chi connectivity index (χ0v) is 10.9. The molecule has 100 valence electrons. The van der Waals surface area contributed by atoms with Crippen LogP contribution < -0.4 is 11.1 Å². The zero-order chi connectivity index (χ0) is 12.5. The first-order valence-corrected chi connectivity index (χ1v) is 6.39. The molecule has 1 saturated heterocycles. The lowest BCUT2D eigenvalue weighted by Crippen LogP contribution is -2.40. The molecule has 1 aliphatic heterocycles. The Labute approximate surface area is 104 Å². The van der Waals surface area contributed by atoms with E-state index in [0.29, 0.717) is 18.7 Å². The Morgan fingerprint density at radius 1 is 1.59 bits per heavy atom. The molecule has 0 bridgehead atoms. The third-order valence-electron chi connectivity index (χ3n) is 2.82. The molecule has 1 fully saturated rings. The Hall–Kier alpha value is -0.810. The molecular formula is C12H25N3O2. The van der Waals surface area contributed by atoms with Crippen molar-refractivity contribution < 1.29 is 9.47 Å². The number of aliphatic imine (C=N–C) groups is 1. The van der Waals surface area contributed by atoms with Gasteiger partial charge in [-0.15, -0.1) is 0 Å². The van der Waals surface area contributed by atoms with Gasteiger partial charge in [0.25, 0.3) is 0 Å². The number of nitrogens with two attached hydrogens (primary N) is 1. The summed E-state index contributed by atoms with van der Waals surface area (Å²) in [4.78, 5) is 4.29. The zero-order valence-electron chi connectivity index (χ0n) is 10.9. The number of methoxy groups -OCH3 is 1. The number of nitrogens with one attached hydrogen (secondary N) is 1. The van der Waals surface area contributed by atoms with Gasteiger partial charge in [0.2, 0.25) is 0 Å². The Morgan fingerprint density at radius 2 is 2.41 bits per heavy atom. The van der Waals surface area contributed by atoms with Gasteiger partial charge in [0.1, 0.15) is 0 Å². The summed E-state index contributed by atoms with van der Waals surface area (Å²) in [6.45, 7) is 4.26. The van der Waals surface area contributed by atoms with Crippen LogP contribution in [0.2, 0.25) is 0 Å². The molecule has 0 aromatic heterocycles. The van der Waals surface area contributed by atoms with Crippen molar-refractivity contribution in [2.24, 2.45) is 10.7 Å². The van der Waals surface area contributed by atoms with Crippen molar-refractivity contribution in [3.8, 4) is 0 Å². The van der Waals surface area contributed by atoms with Crippen LogP contribution in [0.15, 0.2) is 4.99 Å². The largest absolute Gasteiger partial charge is 0.383 e. The van der Waals surface area contributed by atoms with E-state index in [1.54, 1.807) is 7.11 Å². The molecule has 0 aromatic rings. The van der Waals surface area contributed by atoms with E-state index in [4.69, 9.17) is 15.2 Å². The van der Waals surface area contributed by atoms with Crippen LogP contribution in [0.4, 0.5) is 0 Å². The van der Waals surface area contributed by atoms with Gasteiger partial charge in [-0.2, -0.15) is 0 Å². The number of rotatable bonds is 6. The van der Waals surface area contributed by atoms with E-state index in [9.17, 15) is 0 Å². The van der Waals surface area contributed by atoms with Crippen LogP contribution in [0.5, 0.6) is 0 Å². The number of hydrogen-bond acceptors (Lipinski definition) is 3. The van der Waals surface area contributed by atoms with Gasteiger partial charge in [0.05, 0.1) is 12.7 Å². The van der Waals surface area contributed by atoms with Gasteiger partial charge >= 0.3 is 0 Å². The van der Waals surface area contributed by atoms with Crippen molar-refractivity contribution >= 4 is 5.96 Å². The van der Waals surface area contributed by atoms with Crippen molar-refractivity contribution in [2.45, 2.75) is 44.8 Å². The highest BCUT2D eigenvalue weighted by atomic mass is 16.5. The highest BCUT2D eigenvalue weighted by molar-refractivity contribution is 5.78. The molecule has 5 heteroatoms. The van der Waals surface area contributed by atoms with Crippen molar-refractivity contribution in [1.82, 2.24) is 5.32 Å². The lowest BCUT2D eigenvalue weighted by Gasteiger charge is -2.21. The van der Waals surface area contributed by atoms with E-state index in [1.165, 1.54) is 12.8 Å². The predicted molar refractivity (Wildman–Crippen MR) is 69.2 cm³/mol. The second kappa shape index (κ2) is 8.31. The van der Waals surface area contributed by atoms with Crippen LogP contribution >= 0.6 is 0 Å². The maximum atomic E-state index is 5.76. The topological polar surface area (TPSA) is 68.9 Å². The van der Waals surface area contributed by atoms with Crippen LogP contribution in [-0.4, -0.2) is 45.0 Å². The molecule has 0 aromatic carbocycles. The van der Waals surface area contributed by atoms with Crippen molar-refractivity contribution in [1.29, 1.82) is 0 Å². The minimum absolute atomic E-state index is 0.190. The molecule has 1 heterocycles. The van der Waals surface area contributed by atoms with E-state index in [0.717, 1.165) is 26.0 Å². The molecule has 2 unspecified atom stereocenters. The van der Waals surface area contributed by atoms with Crippen LogP contribution in [0, 0.1) is 0 Å². The number of nitrogens with zero attached hydrogens (tertiary/aromatic N) is 1. The summed E-state index contributed by atoms with van der Waals surface area (Å²) >= 11 is 0. The Bertz CT molecular complexity index is 228. The lowest BCUT2D eigenvalue weighted by atomic mass is 10.1. The standard InChI is InChI=1S/C12H25N3O2/c1-10(9-16-2)15-12(13)14-7-6-11-5-3-4-8-17-11/h10-11H,3-9H2,1-2H3,(H3,13,14,15). The minimum Gasteiger partial charge on any atom is -0.383 e. The van der Waals surface area contributed by atoms with E-state index in [-0.39, 0.29) is 6.04 Å². The summed E-state index contributed by atoms with van der Waals surface area (Å²) in [6.07, 6.45) is 4.95. The second-order valence-corrected chi connectivity index (χ2v) is 4.54. The molecule has 5 nitrogen and oxygen atoms in total. The third kappa shape index (κ3) is 6.48. The summed E-state index contributed by atoms with van der Waals surface area (Å²) in [5.74, 6) is 0.491. The highest BCUT2D eigenvalue weighted by Crippen LogP contribution is 2.15. The summed E-state index contributed by atoms with van der Waals surface area (Å²) in [6, 6.07) is 0.190. The van der Waals surface area contributed by atoms with E-state index >= 15 is 0 Å². The minimum atomic E-state index is 0.190. The first kappa shape index (κ1) is 14.3. The molecule has 0 saturated carbocycles. The van der Waals surface area contributed by atoms with Crippen LogP contribution in [0.25, 0.3) is 0 Å². The van der Waals surface area contributed by atoms with Gasteiger partial charge in [0, 0.05) is 26.3 Å². The molecule has 2 atom stereocenters. The van der Waals surface area contributed by atoms with Gasteiger partial charge in [-0.1, -0.05) is 0 Å². The molecule has 17 heavy (non-hydrogen) atoms. The van der Waals surface area contributed by atoms with Gasteiger partial charge in [-0.3, -0.25) is 4.99 Å². The molecular weight excluding hydrogens is 218 g/mol. The summed E-state index contributed by atoms with van der Waals surface area (Å²) < 4.78 is 10.6. The van der Waals surface area contributed by atoms with E-state index in [1.807, 2.05) is 6.92 Å². The van der Waals surface area contributed by atoms with Crippen LogP contribution in [-0.2, 0) is 9.47 Å². The van der Waals surface area contributed by atoms with Gasteiger partial charge < -0.3 is 20.5 Å². The third-order valence-corrected chi connectivity index (χ3v) is 2.82. The van der Waals surface area contributed by atoms with Crippen molar-refractivity contribution in [3.05, 3.63) is 0 Å². The average Bonchev–Trinajstić information content (AvgIpc) is 2.30. The van der Waals surface area contributed by atoms with E-state index in [2.05, 4.69) is 10.3 Å². The number of guanidine groups is 1. The van der Waals surface area contributed by atoms with Crippen LogP contribution in [0.3, 0.4) is 0 Å². The van der Waals surface area contributed by atoms with Crippen molar-refractivity contribution in [3.63, 3.8) is 0 Å². The normalized spacial score (nSPS) is 23.4. The van der Waals surface area contributed by atoms with Crippen molar-refractivity contribution in [2.75, 3.05) is 26.9 Å². The predicted octanol–water partition coefficient (Wildman–Crippen LogP) is 0.885. The first-order valence-electron chi connectivity index (χ1n) is 6.39. The van der Waals surface area contributed by atoms with E-state index < -0.39 is 0 Å². The smallest absolute Gasteiger partial charge is 0.188 e. The van der Waals surface area contributed by atoms with Gasteiger partial charge in [-0.25, -0.2) is 0 Å². The Balaban J connectivity index is 2.13. The molecule has 3 N–H and O–H groups in total.